The fourth-order valence-corrected chi connectivity index (χ4v) is 25.7. The summed E-state index contributed by atoms with van der Waals surface area (Å²) in [5.74, 6) is 0.950. The molecule has 1 aromatic heterocycles. The van der Waals surface area contributed by atoms with E-state index in [1.165, 1.54) is 70.6 Å². The molecule has 0 saturated carbocycles. The van der Waals surface area contributed by atoms with Crippen molar-refractivity contribution in [1.29, 1.82) is 0 Å². The average Bonchev–Trinajstić information content (AvgIpc) is 3.14. The number of hydrogen-bond acceptors (Lipinski definition) is 1. The van der Waals surface area contributed by atoms with Gasteiger partial charge in [-0.2, -0.15) is 0 Å². The fourth-order valence-electron chi connectivity index (χ4n) is 4.54. The maximum atomic E-state index is 2.52. The van der Waals surface area contributed by atoms with Gasteiger partial charge >= 0.3 is 174 Å². The molecule has 0 aliphatic rings. The van der Waals surface area contributed by atoms with Gasteiger partial charge < -0.3 is 0 Å². The molecule has 26 heavy (non-hydrogen) atoms. The third kappa shape index (κ3) is 7.86. The molecule has 0 atom stereocenters. The van der Waals surface area contributed by atoms with Crippen molar-refractivity contribution in [2.45, 2.75) is 119 Å². The molecule has 2 heteroatoms. The Kier molecular flexibility index (Phi) is 13.7. The molecule has 0 N–H and O–H groups in total. The summed E-state index contributed by atoms with van der Waals surface area (Å²) in [6.45, 7) is 11.9. The van der Waals surface area contributed by atoms with Crippen molar-refractivity contribution in [2.24, 2.45) is 5.92 Å². The summed E-state index contributed by atoms with van der Waals surface area (Å²) in [6.07, 6.45) is 15.5. The molecule has 0 radical (unpaired) electrons. The molecule has 1 aromatic rings. The van der Waals surface area contributed by atoms with E-state index in [0.29, 0.717) is 0 Å². The van der Waals surface area contributed by atoms with Crippen LogP contribution in [0.2, 0.25) is 13.3 Å². The van der Waals surface area contributed by atoms with Gasteiger partial charge in [0.05, 0.1) is 0 Å². The van der Waals surface area contributed by atoms with Crippen LogP contribution in [0.15, 0.2) is 11.4 Å². The molecule has 0 spiro atoms. The van der Waals surface area contributed by atoms with E-state index in [4.69, 9.17) is 0 Å². The van der Waals surface area contributed by atoms with Crippen LogP contribution >= 0.6 is 11.3 Å². The second-order valence-corrected chi connectivity index (χ2v) is 23.4. The van der Waals surface area contributed by atoms with Gasteiger partial charge in [0.15, 0.2) is 0 Å². The van der Waals surface area contributed by atoms with E-state index in [1.54, 1.807) is 18.9 Å². The standard InChI is InChI=1S/C12H19S.3C4H9.Sn/c1-3-11(4-2)6-5-7-12-8-9-13-10-12;3*1-3-4-2;/h8-9,11H,3-7H2,1-2H3;3*1,3-4H2,2H3;. The van der Waals surface area contributed by atoms with E-state index >= 15 is 0 Å². The Labute approximate surface area is 173 Å². The molecule has 0 aliphatic heterocycles. The Morgan fingerprint density at radius 1 is 0.808 bits per heavy atom. The van der Waals surface area contributed by atoms with Crippen molar-refractivity contribution in [2.75, 3.05) is 0 Å². The van der Waals surface area contributed by atoms with Crippen LogP contribution in [-0.2, 0) is 6.42 Å². The van der Waals surface area contributed by atoms with Crippen LogP contribution in [0.1, 0.15) is 104 Å². The molecule has 0 fully saturated rings. The number of hydrogen-bond donors (Lipinski definition) is 0. The van der Waals surface area contributed by atoms with E-state index in [0.717, 1.165) is 5.92 Å². The monoisotopic (exact) mass is 486 g/mol. The fraction of sp³-hybridized carbons (Fsp3) is 0.833. The number of unbranched alkanes of at least 4 members (excludes halogenated alkanes) is 3. The Bertz CT molecular complexity index is 425. The molecule has 152 valence electrons. The van der Waals surface area contributed by atoms with Crippen LogP contribution in [-0.4, -0.2) is 18.4 Å². The molecular weight excluding hydrogens is 439 g/mol. The van der Waals surface area contributed by atoms with Gasteiger partial charge in [-0.3, -0.25) is 0 Å². The molecule has 1 heterocycles. The molecule has 0 unspecified atom stereocenters. The Morgan fingerprint density at radius 3 is 1.81 bits per heavy atom. The molecule has 0 amide bonds. The van der Waals surface area contributed by atoms with Crippen LogP contribution < -0.4 is 2.89 Å². The zero-order valence-electron chi connectivity index (χ0n) is 18.5. The second kappa shape index (κ2) is 14.5. The summed E-state index contributed by atoms with van der Waals surface area (Å²) < 4.78 is 6.83. The van der Waals surface area contributed by atoms with Gasteiger partial charge in [-0.15, -0.1) is 0 Å². The van der Waals surface area contributed by atoms with Crippen molar-refractivity contribution in [3.8, 4) is 0 Å². The summed E-state index contributed by atoms with van der Waals surface area (Å²) in [5, 5.41) is 2.44. The van der Waals surface area contributed by atoms with Crippen LogP contribution in [0, 0.1) is 5.92 Å². The summed E-state index contributed by atoms with van der Waals surface area (Å²) in [4.78, 5) is 0. The SMILES string of the molecule is CCC[CH2][Sn]([CH2]CCC)([CH2]CCC)[c]1sccc1CCCC(CC)CC. The van der Waals surface area contributed by atoms with Crippen molar-refractivity contribution < 1.29 is 0 Å². The maximum absolute atomic E-state index is 2.52. The molecule has 0 aliphatic carbocycles. The normalized spacial score (nSPS) is 12.2. The first-order valence-electron chi connectivity index (χ1n) is 11.7. The van der Waals surface area contributed by atoms with E-state index in [9.17, 15) is 0 Å². The van der Waals surface area contributed by atoms with Crippen molar-refractivity contribution in [1.82, 2.24) is 0 Å². The van der Waals surface area contributed by atoms with Gasteiger partial charge in [-0.25, -0.2) is 0 Å². The summed E-state index contributed by atoms with van der Waals surface area (Å²) >= 11 is -0.0394. The van der Waals surface area contributed by atoms with Crippen LogP contribution in [0.25, 0.3) is 0 Å². The Morgan fingerprint density at radius 2 is 1.35 bits per heavy atom. The van der Waals surface area contributed by atoms with Gasteiger partial charge in [0.25, 0.3) is 0 Å². The van der Waals surface area contributed by atoms with E-state index < -0.39 is 18.4 Å². The number of rotatable bonds is 16. The molecular formula is C24H46SSn. The first-order valence-corrected chi connectivity index (χ1v) is 20.1. The predicted molar refractivity (Wildman–Crippen MR) is 126 cm³/mol. The summed E-state index contributed by atoms with van der Waals surface area (Å²) in [6, 6.07) is 2.52. The van der Waals surface area contributed by atoms with E-state index in [2.05, 4.69) is 57.4 Å². The van der Waals surface area contributed by atoms with E-state index in [-0.39, 0.29) is 0 Å². The number of thiophene rings is 1. The first kappa shape index (κ1) is 24.5. The van der Waals surface area contributed by atoms with Crippen LogP contribution in [0.4, 0.5) is 0 Å². The van der Waals surface area contributed by atoms with Crippen molar-refractivity contribution >= 4 is 32.6 Å². The van der Waals surface area contributed by atoms with E-state index in [1.807, 2.05) is 2.89 Å². The van der Waals surface area contributed by atoms with Crippen LogP contribution in [0.3, 0.4) is 0 Å². The third-order valence-corrected chi connectivity index (χ3v) is 26.0. The van der Waals surface area contributed by atoms with Crippen molar-refractivity contribution in [3.63, 3.8) is 0 Å². The third-order valence-electron chi connectivity index (χ3n) is 6.47. The van der Waals surface area contributed by atoms with Crippen molar-refractivity contribution in [3.05, 3.63) is 17.0 Å². The van der Waals surface area contributed by atoms with Gasteiger partial charge in [-0.1, -0.05) is 0 Å². The predicted octanol–water partition coefficient (Wildman–Crippen LogP) is 8.56. The quantitative estimate of drug-likeness (QED) is 0.206. The zero-order chi connectivity index (χ0) is 19.3. The molecule has 1 rings (SSSR count). The first-order chi connectivity index (χ1) is 12.7. The molecule has 0 nitrogen and oxygen atoms in total. The summed E-state index contributed by atoms with van der Waals surface area (Å²) in [7, 11) is 0. The van der Waals surface area contributed by atoms with Gasteiger partial charge in [-0.05, 0) is 0 Å². The zero-order valence-corrected chi connectivity index (χ0v) is 22.2. The molecule has 0 saturated heterocycles. The summed E-state index contributed by atoms with van der Waals surface area (Å²) in [5.41, 5.74) is 1.79. The van der Waals surface area contributed by atoms with Crippen LogP contribution in [0.5, 0.6) is 0 Å². The van der Waals surface area contributed by atoms with Gasteiger partial charge in [0.2, 0.25) is 0 Å². The Balaban J connectivity index is 2.95. The Hall–Kier alpha value is 0.499. The topological polar surface area (TPSA) is 0 Å². The minimum absolute atomic E-state index is 0.950. The second-order valence-electron chi connectivity index (χ2n) is 8.44. The molecule has 0 bridgehead atoms. The molecule has 0 aromatic carbocycles. The number of aryl methyl sites for hydroxylation is 1. The van der Waals surface area contributed by atoms with Gasteiger partial charge in [0.1, 0.15) is 0 Å². The van der Waals surface area contributed by atoms with Gasteiger partial charge in [0, 0.05) is 0 Å². The minimum atomic E-state index is -2.21. The average molecular weight is 485 g/mol.